The molecule has 0 aliphatic heterocycles. The molecule has 0 N–H and O–H groups in total. The lowest BCUT2D eigenvalue weighted by molar-refractivity contribution is 0.779. The van der Waals surface area contributed by atoms with E-state index >= 15 is 0 Å². The molecule has 0 fully saturated rings. The SMILES string of the molecule is CC1=CC(C#N)=C(C#N)C(c2ccccc2)C1. The predicted molar refractivity (Wildman–Crippen MR) is 65.8 cm³/mol. The summed E-state index contributed by atoms with van der Waals surface area (Å²) in [6.45, 7) is 2.00. The molecular weight excluding hydrogens is 208 g/mol. The Hall–Kier alpha value is -2.32. The third-order valence-corrected chi connectivity index (χ3v) is 3.00. The fraction of sp³-hybridized carbons (Fsp3) is 0.200. The van der Waals surface area contributed by atoms with Gasteiger partial charge in [-0.3, -0.25) is 0 Å². The molecule has 2 nitrogen and oxygen atoms in total. The molecule has 1 aliphatic rings. The molecule has 82 valence electrons. The van der Waals surface area contributed by atoms with Gasteiger partial charge in [0.15, 0.2) is 0 Å². The van der Waals surface area contributed by atoms with E-state index in [9.17, 15) is 5.26 Å². The van der Waals surface area contributed by atoms with Crippen LogP contribution in [0.5, 0.6) is 0 Å². The predicted octanol–water partition coefficient (Wildman–Crippen LogP) is 3.46. The van der Waals surface area contributed by atoms with Crippen LogP contribution in [0.15, 0.2) is 53.1 Å². The highest BCUT2D eigenvalue weighted by atomic mass is 14.3. The van der Waals surface area contributed by atoms with Gasteiger partial charge in [0, 0.05) is 5.92 Å². The number of rotatable bonds is 1. The first-order valence-corrected chi connectivity index (χ1v) is 5.52. The van der Waals surface area contributed by atoms with Gasteiger partial charge in [-0.15, -0.1) is 0 Å². The number of hydrogen-bond acceptors (Lipinski definition) is 2. The summed E-state index contributed by atoms with van der Waals surface area (Å²) in [5, 5.41) is 18.3. The minimum Gasteiger partial charge on any atom is -0.193 e. The molecule has 1 aromatic carbocycles. The van der Waals surface area contributed by atoms with Crippen LogP contribution in [0.4, 0.5) is 0 Å². The summed E-state index contributed by atoms with van der Waals surface area (Å²) in [5.74, 6) is 0.0286. The summed E-state index contributed by atoms with van der Waals surface area (Å²) >= 11 is 0. The standard InChI is InChI=1S/C15H12N2/c1-11-7-13(9-16)15(10-17)14(8-11)12-5-3-2-4-6-12/h2-7,14H,8H2,1H3. The van der Waals surface area contributed by atoms with Crippen LogP contribution >= 0.6 is 0 Å². The summed E-state index contributed by atoms with van der Waals surface area (Å²) < 4.78 is 0. The molecule has 0 saturated carbocycles. The van der Waals surface area contributed by atoms with E-state index in [1.165, 1.54) is 0 Å². The number of benzene rings is 1. The Kier molecular flexibility index (Phi) is 3.08. The number of hydrogen-bond donors (Lipinski definition) is 0. The van der Waals surface area contributed by atoms with Crippen molar-refractivity contribution in [2.45, 2.75) is 19.3 Å². The van der Waals surface area contributed by atoms with Crippen molar-refractivity contribution >= 4 is 0 Å². The zero-order chi connectivity index (χ0) is 12.3. The molecule has 0 heterocycles. The zero-order valence-electron chi connectivity index (χ0n) is 9.64. The molecule has 0 saturated heterocycles. The van der Waals surface area contributed by atoms with Crippen LogP contribution in [0.1, 0.15) is 24.8 Å². The summed E-state index contributed by atoms with van der Waals surface area (Å²) in [6.07, 6.45) is 2.64. The zero-order valence-corrected chi connectivity index (χ0v) is 9.64. The lowest BCUT2D eigenvalue weighted by Crippen LogP contribution is -2.08. The molecule has 1 atom stereocenters. The van der Waals surface area contributed by atoms with Gasteiger partial charge >= 0.3 is 0 Å². The molecule has 2 heteroatoms. The van der Waals surface area contributed by atoms with Gasteiger partial charge in [0.05, 0.1) is 17.2 Å². The van der Waals surface area contributed by atoms with Crippen LogP contribution in [-0.4, -0.2) is 0 Å². The normalized spacial score (nSPS) is 19.2. The van der Waals surface area contributed by atoms with Gasteiger partial charge in [-0.1, -0.05) is 35.9 Å². The van der Waals surface area contributed by atoms with Gasteiger partial charge in [0.2, 0.25) is 0 Å². The van der Waals surface area contributed by atoms with Crippen LogP contribution < -0.4 is 0 Å². The van der Waals surface area contributed by atoms with Gasteiger partial charge in [-0.05, 0) is 25.0 Å². The number of nitrogens with zero attached hydrogens (tertiary/aromatic N) is 2. The van der Waals surface area contributed by atoms with Gasteiger partial charge in [-0.2, -0.15) is 10.5 Å². The molecule has 0 bridgehead atoms. The average Bonchev–Trinajstić information content (AvgIpc) is 2.38. The van der Waals surface area contributed by atoms with Crippen LogP contribution in [0.2, 0.25) is 0 Å². The molecule has 1 aromatic rings. The lowest BCUT2D eigenvalue weighted by atomic mass is 9.80. The van der Waals surface area contributed by atoms with Crippen molar-refractivity contribution in [1.82, 2.24) is 0 Å². The Bertz CT molecular complexity index is 565. The monoisotopic (exact) mass is 220 g/mol. The maximum absolute atomic E-state index is 9.22. The molecule has 1 aliphatic carbocycles. The van der Waals surface area contributed by atoms with E-state index in [0.717, 1.165) is 17.6 Å². The van der Waals surface area contributed by atoms with E-state index in [4.69, 9.17) is 5.26 Å². The molecule has 0 aromatic heterocycles. The summed E-state index contributed by atoms with van der Waals surface area (Å²) in [7, 11) is 0. The topological polar surface area (TPSA) is 47.6 Å². The van der Waals surface area contributed by atoms with Crippen molar-refractivity contribution in [3.8, 4) is 12.1 Å². The highest BCUT2D eigenvalue weighted by molar-refractivity contribution is 5.53. The second-order valence-corrected chi connectivity index (χ2v) is 4.21. The van der Waals surface area contributed by atoms with E-state index in [1.807, 2.05) is 43.3 Å². The largest absolute Gasteiger partial charge is 0.193 e. The van der Waals surface area contributed by atoms with E-state index in [-0.39, 0.29) is 5.92 Å². The molecule has 0 spiro atoms. The van der Waals surface area contributed by atoms with Gasteiger partial charge < -0.3 is 0 Å². The number of nitriles is 2. The second kappa shape index (κ2) is 4.68. The highest BCUT2D eigenvalue weighted by Gasteiger charge is 2.23. The van der Waals surface area contributed by atoms with Crippen molar-refractivity contribution in [2.24, 2.45) is 0 Å². The number of allylic oxidation sites excluding steroid dienone is 4. The Morgan fingerprint density at radius 3 is 2.41 bits per heavy atom. The highest BCUT2D eigenvalue weighted by Crippen LogP contribution is 2.36. The Labute approximate surface area is 101 Å². The molecule has 17 heavy (non-hydrogen) atoms. The summed E-state index contributed by atoms with van der Waals surface area (Å²) in [4.78, 5) is 0. The smallest absolute Gasteiger partial charge is 0.100 e. The van der Waals surface area contributed by atoms with Gasteiger partial charge in [-0.25, -0.2) is 0 Å². The van der Waals surface area contributed by atoms with E-state index < -0.39 is 0 Å². The molecule has 1 unspecified atom stereocenters. The maximum atomic E-state index is 9.22. The Balaban J connectivity index is 2.51. The van der Waals surface area contributed by atoms with E-state index in [2.05, 4.69) is 12.1 Å². The fourth-order valence-corrected chi connectivity index (χ4v) is 2.20. The summed E-state index contributed by atoms with van der Waals surface area (Å²) in [6, 6.07) is 14.2. The lowest BCUT2D eigenvalue weighted by Gasteiger charge is -2.21. The van der Waals surface area contributed by atoms with Crippen molar-refractivity contribution in [2.75, 3.05) is 0 Å². The Morgan fingerprint density at radius 2 is 1.82 bits per heavy atom. The average molecular weight is 220 g/mol. The van der Waals surface area contributed by atoms with Crippen molar-refractivity contribution < 1.29 is 0 Å². The minimum absolute atomic E-state index is 0.0286. The van der Waals surface area contributed by atoms with Crippen LogP contribution in [-0.2, 0) is 0 Å². The first-order valence-electron chi connectivity index (χ1n) is 5.52. The van der Waals surface area contributed by atoms with Crippen LogP contribution in [0, 0.1) is 22.7 Å². The minimum atomic E-state index is 0.0286. The van der Waals surface area contributed by atoms with E-state index in [1.54, 1.807) is 0 Å². The van der Waals surface area contributed by atoms with Crippen molar-refractivity contribution in [3.05, 3.63) is 58.7 Å². The molecule has 2 rings (SSSR count). The van der Waals surface area contributed by atoms with Crippen LogP contribution in [0.3, 0.4) is 0 Å². The van der Waals surface area contributed by atoms with Crippen LogP contribution in [0.25, 0.3) is 0 Å². The first-order chi connectivity index (χ1) is 8.26. The van der Waals surface area contributed by atoms with Gasteiger partial charge in [0.1, 0.15) is 6.07 Å². The molecule has 0 amide bonds. The molecule has 0 radical (unpaired) electrons. The van der Waals surface area contributed by atoms with Crippen molar-refractivity contribution in [3.63, 3.8) is 0 Å². The maximum Gasteiger partial charge on any atom is 0.100 e. The fourth-order valence-electron chi connectivity index (χ4n) is 2.20. The van der Waals surface area contributed by atoms with Gasteiger partial charge in [0.25, 0.3) is 0 Å². The summed E-state index contributed by atoms with van der Waals surface area (Å²) in [5.41, 5.74) is 3.34. The second-order valence-electron chi connectivity index (χ2n) is 4.21. The Morgan fingerprint density at radius 1 is 1.12 bits per heavy atom. The third kappa shape index (κ3) is 2.12. The molecular formula is C15H12N2. The van der Waals surface area contributed by atoms with E-state index in [0.29, 0.717) is 11.1 Å². The van der Waals surface area contributed by atoms with Crippen molar-refractivity contribution in [1.29, 1.82) is 10.5 Å². The third-order valence-electron chi connectivity index (χ3n) is 3.00. The first kappa shape index (κ1) is 11.2. The quantitative estimate of drug-likeness (QED) is 0.727.